The van der Waals surface area contributed by atoms with E-state index < -0.39 is 0 Å². The molecule has 0 saturated carbocycles. The van der Waals surface area contributed by atoms with Gasteiger partial charge >= 0.3 is 5.97 Å². The minimum atomic E-state index is -0.190. The number of methoxy groups -OCH3 is 1. The number of halogens is 1. The van der Waals surface area contributed by atoms with E-state index in [0.717, 1.165) is 31.6 Å². The first-order chi connectivity index (χ1) is 8.29. The molecule has 0 fully saturated rings. The van der Waals surface area contributed by atoms with Gasteiger partial charge in [-0.2, -0.15) is 0 Å². The molecule has 0 radical (unpaired) electrons. The molecular formula is C14H18ClNO2. The Morgan fingerprint density at radius 2 is 2.06 bits per heavy atom. The zero-order valence-corrected chi connectivity index (χ0v) is 11.3. The average Bonchev–Trinajstić information content (AvgIpc) is 2.40. The summed E-state index contributed by atoms with van der Waals surface area (Å²) in [5.74, 6) is -0.190. The summed E-state index contributed by atoms with van der Waals surface area (Å²) in [6.07, 6.45) is 2.75. The van der Waals surface area contributed by atoms with E-state index in [1.807, 2.05) is 12.1 Å². The minimum absolute atomic E-state index is 0. The smallest absolute Gasteiger partial charge is 0.333 e. The molecule has 3 nitrogen and oxygen atoms in total. The van der Waals surface area contributed by atoms with Gasteiger partial charge in [0, 0.05) is 25.2 Å². The largest absolute Gasteiger partial charge is 0.466 e. The van der Waals surface area contributed by atoms with Crippen LogP contribution in [0.25, 0.3) is 0 Å². The highest BCUT2D eigenvalue weighted by atomic mass is 35.5. The summed E-state index contributed by atoms with van der Waals surface area (Å²) in [6, 6.07) is 10.4. The molecule has 4 heteroatoms. The molecule has 0 atom stereocenters. The molecule has 0 spiro atoms. The normalized spacial score (nSPS) is 15.5. The van der Waals surface area contributed by atoms with Gasteiger partial charge < -0.3 is 4.74 Å². The van der Waals surface area contributed by atoms with Crippen LogP contribution in [0, 0.1) is 0 Å². The van der Waals surface area contributed by atoms with Crippen molar-refractivity contribution in [3.8, 4) is 0 Å². The predicted octanol–water partition coefficient (Wildman–Crippen LogP) is 2.41. The van der Waals surface area contributed by atoms with Gasteiger partial charge in [0.05, 0.1) is 7.11 Å². The van der Waals surface area contributed by atoms with E-state index in [0.29, 0.717) is 0 Å². The highest BCUT2D eigenvalue weighted by Gasteiger charge is 2.16. The monoisotopic (exact) mass is 267 g/mol. The second-order valence-corrected chi connectivity index (χ2v) is 4.19. The number of ether oxygens (including phenoxy) is 1. The molecule has 0 saturated heterocycles. The van der Waals surface area contributed by atoms with Crippen LogP contribution in [0.2, 0.25) is 0 Å². The molecule has 1 aromatic rings. The minimum Gasteiger partial charge on any atom is -0.466 e. The topological polar surface area (TPSA) is 29.5 Å². The van der Waals surface area contributed by atoms with Crippen LogP contribution < -0.4 is 0 Å². The van der Waals surface area contributed by atoms with Gasteiger partial charge in [0.15, 0.2) is 0 Å². The summed E-state index contributed by atoms with van der Waals surface area (Å²) in [6.45, 7) is 2.67. The summed E-state index contributed by atoms with van der Waals surface area (Å²) < 4.78 is 4.72. The van der Waals surface area contributed by atoms with E-state index in [1.54, 1.807) is 0 Å². The molecule has 0 bridgehead atoms. The van der Waals surface area contributed by atoms with Crippen LogP contribution in [0.5, 0.6) is 0 Å². The lowest BCUT2D eigenvalue weighted by Gasteiger charge is -2.25. The van der Waals surface area contributed by atoms with Crippen molar-refractivity contribution >= 4 is 18.4 Å². The quantitative estimate of drug-likeness (QED) is 0.788. The van der Waals surface area contributed by atoms with Gasteiger partial charge in [0.25, 0.3) is 0 Å². The molecule has 0 unspecified atom stereocenters. The third kappa shape index (κ3) is 3.86. The second kappa shape index (κ2) is 7.19. The van der Waals surface area contributed by atoms with Gasteiger partial charge in [-0.15, -0.1) is 12.4 Å². The Balaban J connectivity index is 0.00000162. The SMILES string of the molecule is COC(=O)C1=CCN(Cc2ccccc2)CC1.Cl. The van der Waals surface area contributed by atoms with Gasteiger partial charge in [-0.25, -0.2) is 4.79 Å². The van der Waals surface area contributed by atoms with E-state index >= 15 is 0 Å². The number of carbonyl (C=O) groups excluding carboxylic acids is 1. The van der Waals surface area contributed by atoms with E-state index in [9.17, 15) is 4.79 Å². The van der Waals surface area contributed by atoms with Crippen molar-refractivity contribution in [2.75, 3.05) is 20.2 Å². The lowest BCUT2D eigenvalue weighted by molar-refractivity contribution is -0.136. The van der Waals surface area contributed by atoms with Crippen LogP contribution in [0.1, 0.15) is 12.0 Å². The maximum absolute atomic E-state index is 11.3. The van der Waals surface area contributed by atoms with Gasteiger partial charge in [-0.3, -0.25) is 4.90 Å². The molecule has 0 aromatic heterocycles. The van der Waals surface area contributed by atoms with Crippen molar-refractivity contribution < 1.29 is 9.53 Å². The number of esters is 1. The molecule has 1 heterocycles. The third-order valence-electron chi connectivity index (χ3n) is 2.99. The van der Waals surface area contributed by atoms with Crippen LogP contribution >= 0.6 is 12.4 Å². The van der Waals surface area contributed by atoms with E-state index in [1.165, 1.54) is 12.7 Å². The molecule has 0 amide bonds. The second-order valence-electron chi connectivity index (χ2n) is 4.19. The number of benzene rings is 1. The fourth-order valence-corrected chi connectivity index (χ4v) is 2.01. The number of rotatable bonds is 3. The highest BCUT2D eigenvalue weighted by Crippen LogP contribution is 2.14. The summed E-state index contributed by atoms with van der Waals surface area (Å²) in [5, 5.41) is 0. The van der Waals surface area contributed by atoms with Gasteiger partial charge in [0.2, 0.25) is 0 Å². The Bertz CT molecular complexity index is 417. The maximum Gasteiger partial charge on any atom is 0.333 e. The summed E-state index contributed by atoms with van der Waals surface area (Å²) >= 11 is 0. The molecule has 1 aliphatic heterocycles. The maximum atomic E-state index is 11.3. The molecule has 1 aliphatic rings. The number of hydrogen-bond acceptors (Lipinski definition) is 3. The Hall–Kier alpha value is -1.32. The van der Waals surface area contributed by atoms with E-state index in [2.05, 4.69) is 29.2 Å². The number of nitrogens with zero attached hydrogens (tertiary/aromatic N) is 1. The standard InChI is InChI=1S/C14H17NO2.ClH/c1-17-14(16)13-7-9-15(10-8-13)11-12-5-3-2-4-6-12;/h2-7H,8-11H2,1H3;1H. The van der Waals surface area contributed by atoms with E-state index in [-0.39, 0.29) is 18.4 Å². The van der Waals surface area contributed by atoms with Crippen molar-refractivity contribution in [3.63, 3.8) is 0 Å². The fourth-order valence-electron chi connectivity index (χ4n) is 2.01. The van der Waals surface area contributed by atoms with Crippen molar-refractivity contribution in [2.45, 2.75) is 13.0 Å². The molecule has 98 valence electrons. The molecule has 0 aliphatic carbocycles. The Kier molecular flexibility index (Phi) is 5.89. The first kappa shape index (κ1) is 14.7. The van der Waals surface area contributed by atoms with Crippen molar-refractivity contribution in [2.24, 2.45) is 0 Å². The Labute approximate surface area is 114 Å². The van der Waals surface area contributed by atoms with Gasteiger partial charge in [0.1, 0.15) is 0 Å². The Morgan fingerprint density at radius 1 is 1.33 bits per heavy atom. The molecule has 1 aromatic carbocycles. The predicted molar refractivity (Wildman–Crippen MR) is 73.7 cm³/mol. The number of hydrogen-bond donors (Lipinski definition) is 0. The average molecular weight is 268 g/mol. The first-order valence-corrected chi connectivity index (χ1v) is 5.83. The zero-order chi connectivity index (χ0) is 12.1. The van der Waals surface area contributed by atoms with Crippen molar-refractivity contribution in [1.29, 1.82) is 0 Å². The van der Waals surface area contributed by atoms with Gasteiger partial charge in [-0.05, 0) is 12.0 Å². The van der Waals surface area contributed by atoms with Gasteiger partial charge in [-0.1, -0.05) is 36.4 Å². The lowest BCUT2D eigenvalue weighted by Crippen LogP contribution is -2.30. The number of carbonyl (C=O) groups is 1. The van der Waals surface area contributed by atoms with E-state index in [4.69, 9.17) is 4.74 Å². The zero-order valence-electron chi connectivity index (χ0n) is 10.5. The van der Waals surface area contributed by atoms with Crippen LogP contribution in [-0.2, 0) is 16.1 Å². The first-order valence-electron chi connectivity index (χ1n) is 5.83. The fraction of sp³-hybridized carbons (Fsp3) is 0.357. The summed E-state index contributed by atoms with van der Waals surface area (Å²) in [4.78, 5) is 13.6. The summed E-state index contributed by atoms with van der Waals surface area (Å²) in [7, 11) is 1.43. The third-order valence-corrected chi connectivity index (χ3v) is 2.99. The molecule has 2 rings (SSSR count). The lowest BCUT2D eigenvalue weighted by atomic mass is 10.1. The molecule has 18 heavy (non-hydrogen) atoms. The van der Waals surface area contributed by atoms with Crippen LogP contribution in [0.15, 0.2) is 42.0 Å². The molecular weight excluding hydrogens is 250 g/mol. The van der Waals surface area contributed by atoms with Crippen LogP contribution in [0.4, 0.5) is 0 Å². The molecule has 0 N–H and O–H groups in total. The Morgan fingerprint density at radius 3 is 2.61 bits per heavy atom. The van der Waals surface area contributed by atoms with Crippen LogP contribution in [-0.4, -0.2) is 31.1 Å². The van der Waals surface area contributed by atoms with Crippen molar-refractivity contribution in [1.82, 2.24) is 4.90 Å². The highest BCUT2D eigenvalue weighted by molar-refractivity contribution is 5.88. The summed E-state index contributed by atoms with van der Waals surface area (Å²) in [5.41, 5.74) is 2.11. The van der Waals surface area contributed by atoms with Crippen molar-refractivity contribution in [3.05, 3.63) is 47.5 Å². The van der Waals surface area contributed by atoms with Crippen LogP contribution in [0.3, 0.4) is 0 Å².